The SMILES string of the molecule is CCc1ccccc1NC(=O)CSc1nc2c(sc(=S)n2-c2ccc(Cl)cc2)c(=O)[nH]1. The Kier molecular flexibility index (Phi) is 6.57. The number of benzene rings is 2. The van der Waals surface area contributed by atoms with Crippen molar-refractivity contribution in [1.82, 2.24) is 14.5 Å². The van der Waals surface area contributed by atoms with E-state index in [9.17, 15) is 9.59 Å². The van der Waals surface area contributed by atoms with Crippen molar-refractivity contribution in [2.75, 3.05) is 11.1 Å². The molecule has 4 aromatic rings. The Morgan fingerprint density at radius 3 is 2.74 bits per heavy atom. The van der Waals surface area contributed by atoms with E-state index in [-0.39, 0.29) is 17.2 Å². The second kappa shape index (κ2) is 9.35. The molecule has 158 valence electrons. The first-order valence-electron chi connectivity index (χ1n) is 9.38. The lowest BCUT2D eigenvalue weighted by Gasteiger charge is -2.09. The zero-order chi connectivity index (χ0) is 22.0. The minimum Gasteiger partial charge on any atom is -0.325 e. The molecule has 6 nitrogen and oxygen atoms in total. The second-order valence-corrected chi connectivity index (χ2v) is 9.60. The molecule has 0 bridgehead atoms. The van der Waals surface area contributed by atoms with Crippen molar-refractivity contribution < 1.29 is 4.79 Å². The maximum absolute atomic E-state index is 12.6. The van der Waals surface area contributed by atoms with Gasteiger partial charge in [-0.2, -0.15) is 0 Å². The van der Waals surface area contributed by atoms with Gasteiger partial charge in [0.2, 0.25) is 5.91 Å². The lowest BCUT2D eigenvalue weighted by atomic mass is 10.1. The summed E-state index contributed by atoms with van der Waals surface area (Å²) >= 11 is 13.8. The third-order valence-corrected chi connectivity index (χ3v) is 7.01. The molecule has 0 aliphatic rings. The lowest BCUT2D eigenvalue weighted by molar-refractivity contribution is -0.113. The number of hydrogen-bond acceptors (Lipinski definition) is 6. The van der Waals surface area contributed by atoms with E-state index in [2.05, 4.69) is 15.3 Å². The number of halogens is 1. The van der Waals surface area contributed by atoms with Crippen LogP contribution in [-0.4, -0.2) is 26.2 Å². The predicted octanol–water partition coefficient (Wildman–Crippen LogP) is 5.45. The van der Waals surface area contributed by atoms with Crippen LogP contribution in [0.4, 0.5) is 5.69 Å². The van der Waals surface area contributed by atoms with Gasteiger partial charge >= 0.3 is 0 Å². The van der Waals surface area contributed by atoms with Crippen molar-refractivity contribution in [2.45, 2.75) is 18.5 Å². The third kappa shape index (κ3) is 4.74. The zero-order valence-electron chi connectivity index (χ0n) is 16.3. The Bertz CT molecular complexity index is 1380. The van der Waals surface area contributed by atoms with Crippen LogP contribution < -0.4 is 10.9 Å². The number of H-pyrrole nitrogens is 1. The van der Waals surface area contributed by atoms with E-state index >= 15 is 0 Å². The Labute approximate surface area is 196 Å². The van der Waals surface area contributed by atoms with Gasteiger partial charge in [-0.05, 0) is 54.5 Å². The van der Waals surface area contributed by atoms with Crippen LogP contribution in [0, 0.1) is 3.95 Å². The summed E-state index contributed by atoms with van der Waals surface area (Å²) < 4.78 is 2.68. The highest BCUT2D eigenvalue weighted by Gasteiger charge is 2.15. The molecule has 2 aromatic carbocycles. The fourth-order valence-corrected chi connectivity index (χ4v) is 5.10. The fraction of sp³-hybridized carbons (Fsp3) is 0.143. The van der Waals surface area contributed by atoms with Gasteiger partial charge in [-0.25, -0.2) is 4.98 Å². The standard InChI is InChI=1S/C21H17ClN4O2S3/c1-2-12-5-3-4-6-15(12)23-16(27)11-30-20-24-18-17(19(28)25-20)31-21(29)26(18)14-9-7-13(22)8-10-14/h3-10H,2,11H2,1H3,(H,23,27)(H,24,25,28). The number of thiazole rings is 1. The first-order chi connectivity index (χ1) is 15.0. The Morgan fingerprint density at radius 2 is 2.00 bits per heavy atom. The van der Waals surface area contributed by atoms with Crippen LogP contribution in [-0.2, 0) is 11.2 Å². The molecule has 0 fully saturated rings. The highest BCUT2D eigenvalue weighted by Crippen LogP contribution is 2.25. The van der Waals surface area contributed by atoms with Gasteiger partial charge in [-0.3, -0.25) is 14.2 Å². The van der Waals surface area contributed by atoms with E-state index in [1.54, 1.807) is 16.7 Å². The van der Waals surface area contributed by atoms with Crippen molar-refractivity contribution in [3.63, 3.8) is 0 Å². The number of anilines is 1. The quantitative estimate of drug-likeness (QED) is 0.214. The molecule has 0 radical (unpaired) electrons. The number of aromatic nitrogens is 3. The highest BCUT2D eigenvalue weighted by molar-refractivity contribution is 7.99. The number of nitrogens with zero attached hydrogens (tertiary/aromatic N) is 2. The molecule has 0 aliphatic carbocycles. The van der Waals surface area contributed by atoms with Gasteiger partial charge in [0.15, 0.2) is 14.8 Å². The fourth-order valence-electron chi connectivity index (χ4n) is 3.05. The normalized spacial score (nSPS) is 11.0. The number of carbonyl (C=O) groups is 1. The lowest BCUT2D eigenvalue weighted by Crippen LogP contribution is -2.16. The van der Waals surface area contributed by atoms with Crippen LogP contribution in [0.1, 0.15) is 12.5 Å². The number of para-hydroxylation sites is 1. The zero-order valence-corrected chi connectivity index (χ0v) is 19.6. The van der Waals surface area contributed by atoms with Crippen molar-refractivity contribution in [1.29, 1.82) is 0 Å². The van der Waals surface area contributed by atoms with Crippen LogP contribution in [0.3, 0.4) is 0 Å². The Hall–Kier alpha value is -2.46. The van der Waals surface area contributed by atoms with Gasteiger partial charge in [0, 0.05) is 16.4 Å². The van der Waals surface area contributed by atoms with Crippen LogP contribution in [0.5, 0.6) is 0 Å². The summed E-state index contributed by atoms with van der Waals surface area (Å²) in [5.41, 5.74) is 2.80. The van der Waals surface area contributed by atoms with Gasteiger partial charge in [0.25, 0.3) is 5.56 Å². The van der Waals surface area contributed by atoms with Crippen LogP contribution in [0.25, 0.3) is 16.0 Å². The number of aromatic amines is 1. The summed E-state index contributed by atoms with van der Waals surface area (Å²) in [4.78, 5) is 32.3. The summed E-state index contributed by atoms with van der Waals surface area (Å²) in [6.45, 7) is 2.04. The maximum Gasteiger partial charge on any atom is 0.271 e. The average molecular weight is 489 g/mol. The van der Waals surface area contributed by atoms with E-state index in [1.165, 1.54) is 11.3 Å². The molecule has 2 aromatic heterocycles. The average Bonchev–Trinajstić information content (AvgIpc) is 3.10. The van der Waals surface area contributed by atoms with E-state index in [4.69, 9.17) is 23.8 Å². The molecule has 4 rings (SSSR count). The Balaban J connectivity index is 1.59. The number of fused-ring (bicyclic) bond motifs is 1. The molecular formula is C21H17ClN4O2S3. The Morgan fingerprint density at radius 1 is 1.26 bits per heavy atom. The summed E-state index contributed by atoms with van der Waals surface area (Å²) in [5.74, 6) is -0.0633. The summed E-state index contributed by atoms with van der Waals surface area (Å²) in [7, 11) is 0. The summed E-state index contributed by atoms with van der Waals surface area (Å²) in [6, 6.07) is 14.8. The van der Waals surface area contributed by atoms with Crippen molar-refractivity contribution in [2.24, 2.45) is 0 Å². The molecular weight excluding hydrogens is 472 g/mol. The number of amides is 1. The van der Waals surface area contributed by atoms with Gasteiger partial charge in [0.1, 0.15) is 4.70 Å². The van der Waals surface area contributed by atoms with Gasteiger partial charge in [-0.15, -0.1) is 0 Å². The number of nitrogens with one attached hydrogen (secondary N) is 2. The smallest absolute Gasteiger partial charge is 0.271 e. The van der Waals surface area contributed by atoms with Crippen LogP contribution in [0.2, 0.25) is 5.02 Å². The second-order valence-electron chi connectivity index (χ2n) is 6.55. The molecule has 2 N–H and O–H groups in total. The molecule has 31 heavy (non-hydrogen) atoms. The van der Waals surface area contributed by atoms with Crippen LogP contribution >= 0.6 is 46.9 Å². The molecule has 0 spiro atoms. The number of thioether (sulfide) groups is 1. The van der Waals surface area contributed by atoms with E-state index in [0.717, 1.165) is 35.1 Å². The van der Waals surface area contributed by atoms with Crippen LogP contribution in [0.15, 0.2) is 58.5 Å². The van der Waals surface area contributed by atoms with Gasteiger partial charge < -0.3 is 10.3 Å². The van der Waals surface area contributed by atoms with E-state index in [0.29, 0.717) is 24.5 Å². The van der Waals surface area contributed by atoms with Gasteiger partial charge in [-0.1, -0.05) is 59.8 Å². The number of hydrogen-bond donors (Lipinski definition) is 2. The summed E-state index contributed by atoms with van der Waals surface area (Å²) in [6.07, 6.45) is 0.821. The molecule has 0 atom stereocenters. The van der Waals surface area contributed by atoms with E-state index < -0.39 is 0 Å². The maximum atomic E-state index is 12.6. The third-order valence-electron chi connectivity index (χ3n) is 4.52. The monoisotopic (exact) mass is 488 g/mol. The number of carbonyl (C=O) groups excluding carboxylic acids is 1. The van der Waals surface area contributed by atoms with Crippen molar-refractivity contribution in [3.8, 4) is 5.69 Å². The molecule has 0 aliphatic heterocycles. The highest BCUT2D eigenvalue weighted by atomic mass is 35.5. The largest absolute Gasteiger partial charge is 0.325 e. The number of aryl methyl sites for hydroxylation is 1. The molecule has 2 heterocycles. The molecule has 0 saturated carbocycles. The first kappa shape index (κ1) is 21.8. The first-order valence-corrected chi connectivity index (χ1v) is 12.0. The molecule has 0 unspecified atom stereocenters. The molecule has 10 heteroatoms. The predicted molar refractivity (Wildman–Crippen MR) is 131 cm³/mol. The van der Waals surface area contributed by atoms with E-state index in [1.807, 2.05) is 43.3 Å². The molecule has 1 amide bonds. The van der Waals surface area contributed by atoms with Crippen molar-refractivity contribution in [3.05, 3.63) is 73.4 Å². The minimum absolute atomic E-state index is 0.109. The van der Waals surface area contributed by atoms with Crippen molar-refractivity contribution >= 4 is 68.9 Å². The minimum atomic E-state index is -0.284. The topological polar surface area (TPSA) is 79.8 Å². The summed E-state index contributed by atoms with van der Waals surface area (Å²) in [5, 5.41) is 3.88. The van der Waals surface area contributed by atoms with Gasteiger partial charge in [0.05, 0.1) is 5.75 Å². The molecule has 0 saturated heterocycles. The number of rotatable bonds is 6.